The third kappa shape index (κ3) is 3.33. The normalized spacial score (nSPS) is 19.4. The number of nitrogens with zero attached hydrogens (tertiary/aromatic N) is 5. The third-order valence-electron chi connectivity index (χ3n) is 3.81. The molecule has 2 aromatic heterocycles. The van der Waals surface area contributed by atoms with Gasteiger partial charge in [0.1, 0.15) is 6.33 Å². The zero-order chi connectivity index (χ0) is 14.5. The minimum Gasteiger partial charge on any atom is -0.467 e. The molecule has 0 radical (unpaired) electrons. The number of methoxy groups -OCH3 is 1. The van der Waals surface area contributed by atoms with Gasteiger partial charge in [-0.15, -0.1) is 0 Å². The van der Waals surface area contributed by atoms with E-state index in [1.54, 1.807) is 13.4 Å². The average molecular weight is 285 g/mol. The van der Waals surface area contributed by atoms with Crippen LogP contribution in [-0.2, 0) is 6.54 Å². The first-order valence-corrected chi connectivity index (χ1v) is 7.21. The van der Waals surface area contributed by atoms with Gasteiger partial charge in [0.15, 0.2) is 0 Å². The second kappa shape index (κ2) is 6.58. The summed E-state index contributed by atoms with van der Waals surface area (Å²) in [5.74, 6) is 0. The van der Waals surface area contributed by atoms with Crippen molar-refractivity contribution in [1.82, 2.24) is 24.8 Å². The molecule has 0 aromatic carbocycles. The Bertz CT molecular complexity index is 560. The summed E-state index contributed by atoms with van der Waals surface area (Å²) in [6.45, 7) is 1.90. The molecule has 0 unspecified atom stereocenters. The molecule has 0 bridgehead atoms. The summed E-state index contributed by atoms with van der Waals surface area (Å²) >= 11 is 0. The summed E-state index contributed by atoms with van der Waals surface area (Å²) < 4.78 is 5.00. The van der Waals surface area contributed by atoms with Gasteiger partial charge in [-0.2, -0.15) is 0 Å². The van der Waals surface area contributed by atoms with E-state index in [1.165, 1.54) is 12.8 Å². The summed E-state index contributed by atoms with van der Waals surface area (Å²) in [5, 5.41) is 0. The van der Waals surface area contributed by atoms with Gasteiger partial charge in [0.25, 0.3) is 0 Å². The second-order valence-corrected chi connectivity index (χ2v) is 5.19. The van der Waals surface area contributed by atoms with Crippen LogP contribution in [0.25, 0.3) is 0 Å². The average Bonchev–Trinajstić information content (AvgIpc) is 2.57. The molecule has 1 atom stereocenters. The Balaban J connectivity index is 1.75. The van der Waals surface area contributed by atoms with E-state index in [2.05, 4.69) is 24.8 Å². The van der Waals surface area contributed by atoms with Crippen molar-refractivity contribution in [3.05, 3.63) is 42.2 Å². The number of hydrogen-bond acceptors (Lipinski definition) is 6. The number of rotatable bonds is 4. The molecule has 0 saturated carbocycles. The maximum atomic E-state index is 5.00. The van der Waals surface area contributed by atoms with E-state index < -0.39 is 0 Å². The monoisotopic (exact) mass is 285 g/mol. The molecule has 21 heavy (non-hydrogen) atoms. The van der Waals surface area contributed by atoms with Crippen LogP contribution in [0.1, 0.15) is 36.6 Å². The van der Waals surface area contributed by atoms with E-state index in [1.807, 2.05) is 24.7 Å². The molecule has 0 N–H and O–H groups in total. The van der Waals surface area contributed by atoms with E-state index in [9.17, 15) is 0 Å². The number of aromatic nitrogens is 4. The first-order chi connectivity index (χ1) is 10.4. The fourth-order valence-corrected chi connectivity index (χ4v) is 2.78. The van der Waals surface area contributed by atoms with Crippen molar-refractivity contribution in [2.75, 3.05) is 13.7 Å². The first-order valence-electron chi connectivity index (χ1n) is 7.21. The van der Waals surface area contributed by atoms with Crippen molar-refractivity contribution in [1.29, 1.82) is 0 Å². The Morgan fingerprint density at radius 2 is 2.10 bits per heavy atom. The van der Waals surface area contributed by atoms with Crippen LogP contribution in [0.3, 0.4) is 0 Å². The van der Waals surface area contributed by atoms with Gasteiger partial charge in [0.2, 0.25) is 0 Å². The van der Waals surface area contributed by atoms with Crippen molar-refractivity contribution in [3.8, 4) is 6.01 Å². The van der Waals surface area contributed by atoms with Gasteiger partial charge < -0.3 is 4.74 Å². The lowest BCUT2D eigenvalue weighted by Crippen LogP contribution is -2.33. The molecule has 3 rings (SSSR count). The molecule has 110 valence electrons. The Hall–Kier alpha value is -2.08. The molecule has 1 saturated heterocycles. The standard InChI is InChI=1S/C15H19N5O/c1-21-15-17-8-12(9-18-15)10-20-7-3-2-4-14(20)13-5-6-16-11-19-13/h5-6,8-9,11,14H,2-4,7,10H2,1H3/t14-/m0/s1. The van der Waals surface area contributed by atoms with Gasteiger partial charge in [0, 0.05) is 30.7 Å². The van der Waals surface area contributed by atoms with Gasteiger partial charge in [-0.1, -0.05) is 6.42 Å². The molecule has 0 amide bonds. The summed E-state index contributed by atoms with van der Waals surface area (Å²) in [7, 11) is 1.57. The fourth-order valence-electron chi connectivity index (χ4n) is 2.78. The van der Waals surface area contributed by atoms with Crippen LogP contribution in [0.4, 0.5) is 0 Å². The van der Waals surface area contributed by atoms with Crippen LogP contribution in [-0.4, -0.2) is 38.5 Å². The molecule has 6 heteroatoms. The molecular weight excluding hydrogens is 266 g/mol. The third-order valence-corrected chi connectivity index (χ3v) is 3.81. The van der Waals surface area contributed by atoms with Crippen LogP contribution in [0.2, 0.25) is 0 Å². The lowest BCUT2D eigenvalue weighted by molar-refractivity contribution is 0.137. The van der Waals surface area contributed by atoms with Gasteiger partial charge in [-0.25, -0.2) is 19.9 Å². The van der Waals surface area contributed by atoms with E-state index in [-0.39, 0.29) is 0 Å². The van der Waals surface area contributed by atoms with Crippen molar-refractivity contribution >= 4 is 0 Å². The molecule has 1 fully saturated rings. The largest absolute Gasteiger partial charge is 0.467 e. The summed E-state index contributed by atoms with van der Waals surface area (Å²) in [5.41, 5.74) is 2.19. The number of hydrogen-bond donors (Lipinski definition) is 0. The Kier molecular flexibility index (Phi) is 4.35. The number of piperidine rings is 1. The minimum absolute atomic E-state index is 0.351. The van der Waals surface area contributed by atoms with E-state index in [0.29, 0.717) is 12.1 Å². The number of likely N-dealkylation sites (tertiary alicyclic amines) is 1. The SMILES string of the molecule is COc1ncc(CN2CCCC[C@H]2c2ccncn2)cn1. The molecular formula is C15H19N5O. The molecule has 0 spiro atoms. The van der Waals surface area contributed by atoms with E-state index >= 15 is 0 Å². The quantitative estimate of drug-likeness (QED) is 0.856. The predicted octanol–water partition coefficient (Wildman–Crippen LogP) is 2.00. The Morgan fingerprint density at radius 3 is 2.81 bits per heavy atom. The zero-order valence-electron chi connectivity index (χ0n) is 12.1. The van der Waals surface area contributed by atoms with Crippen molar-refractivity contribution in [2.24, 2.45) is 0 Å². The molecule has 0 aliphatic carbocycles. The summed E-state index contributed by atoms with van der Waals surface area (Å²) in [6.07, 6.45) is 10.7. The Labute approximate surface area is 124 Å². The van der Waals surface area contributed by atoms with E-state index in [4.69, 9.17) is 4.74 Å². The second-order valence-electron chi connectivity index (χ2n) is 5.19. The first kappa shape index (κ1) is 13.9. The minimum atomic E-state index is 0.351. The highest BCUT2D eigenvalue weighted by atomic mass is 16.5. The van der Waals surface area contributed by atoms with Crippen LogP contribution in [0, 0.1) is 0 Å². The zero-order valence-corrected chi connectivity index (χ0v) is 12.1. The topological polar surface area (TPSA) is 64.0 Å². The summed E-state index contributed by atoms with van der Waals surface area (Å²) in [6, 6.07) is 2.77. The smallest absolute Gasteiger partial charge is 0.316 e. The van der Waals surface area contributed by atoms with Crippen molar-refractivity contribution in [3.63, 3.8) is 0 Å². The predicted molar refractivity (Wildman–Crippen MR) is 77.6 cm³/mol. The highest BCUT2D eigenvalue weighted by Crippen LogP contribution is 2.30. The Morgan fingerprint density at radius 1 is 1.24 bits per heavy atom. The molecule has 3 heterocycles. The maximum Gasteiger partial charge on any atom is 0.316 e. The lowest BCUT2D eigenvalue weighted by atomic mass is 9.98. The molecule has 2 aromatic rings. The van der Waals surface area contributed by atoms with Gasteiger partial charge in [0.05, 0.1) is 18.8 Å². The van der Waals surface area contributed by atoms with Crippen LogP contribution < -0.4 is 4.74 Å². The van der Waals surface area contributed by atoms with Crippen molar-refractivity contribution < 1.29 is 4.74 Å². The number of ether oxygens (including phenoxy) is 1. The summed E-state index contributed by atoms with van der Waals surface area (Å²) in [4.78, 5) is 19.2. The highest BCUT2D eigenvalue weighted by molar-refractivity contribution is 5.11. The van der Waals surface area contributed by atoms with Gasteiger partial charge >= 0.3 is 6.01 Å². The lowest BCUT2D eigenvalue weighted by Gasteiger charge is -2.35. The molecule has 1 aliphatic heterocycles. The highest BCUT2D eigenvalue weighted by Gasteiger charge is 2.25. The van der Waals surface area contributed by atoms with E-state index in [0.717, 1.165) is 30.8 Å². The van der Waals surface area contributed by atoms with Crippen LogP contribution in [0.15, 0.2) is 31.0 Å². The van der Waals surface area contributed by atoms with Crippen molar-refractivity contribution in [2.45, 2.75) is 31.8 Å². The van der Waals surface area contributed by atoms with Crippen LogP contribution >= 0.6 is 0 Å². The maximum absolute atomic E-state index is 5.00. The van der Waals surface area contributed by atoms with Gasteiger partial charge in [-0.05, 0) is 25.5 Å². The van der Waals surface area contributed by atoms with Crippen LogP contribution in [0.5, 0.6) is 6.01 Å². The fraction of sp³-hybridized carbons (Fsp3) is 0.467. The molecule has 1 aliphatic rings. The molecule has 6 nitrogen and oxygen atoms in total. The van der Waals surface area contributed by atoms with Gasteiger partial charge in [-0.3, -0.25) is 4.90 Å².